The van der Waals surface area contributed by atoms with Gasteiger partial charge >= 0.3 is 0 Å². The monoisotopic (exact) mass is 304 g/mol. The first kappa shape index (κ1) is 15.6. The zero-order chi connectivity index (χ0) is 15.1. The van der Waals surface area contributed by atoms with Gasteiger partial charge in [0, 0.05) is 29.9 Å². The van der Waals surface area contributed by atoms with E-state index in [9.17, 15) is 0 Å². The minimum absolute atomic E-state index is 0.702. The van der Waals surface area contributed by atoms with Crippen LogP contribution in [0, 0.1) is 0 Å². The van der Waals surface area contributed by atoms with Crippen LogP contribution >= 0.6 is 11.6 Å². The number of rotatable bonds is 7. The maximum Gasteiger partial charge on any atom is 0.135 e. The minimum Gasteiger partial charge on any atom is -0.356 e. The molecule has 0 bridgehead atoms. The van der Waals surface area contributed by atoms with Gasteiger partial charge in [-0.05, 0) is 31.0 Å². The molecule has 0 saturated heterocycles. The summed E-state index contributed by atoms with van der Waals surface area (Å²) in [6.45, 7) is 6.35. The largest absolute Gasteiger partial charge is 0.356 e. The molecular weight excluding hydrogens is 284 g/mol. The van der Waals surface area contributed by atoms with Crippen LogP contribution in [0.2, 0.25) is 5.02 Å². The fourth-order valence-corrected chi connectivity index (χ4v) is 2.37. The van der Waals surface area contributed by atoms with Crippen molar-refractivity contribution in [2.45, 2.75) is 26.7 Å². The van der Waals surface area contributed by atoms with E-state index in [0.29, 0.717) is 5.02 Å². The van der Waals surface area contributed by atoms with E-state index in [1.165, 1.54) is 0 Å². The third kappa shape index (κ3) is 4.60. The van der Waals surface area contributed by atoms with Crippen LogP contribution in [-0.2, 0) is 0 Å². The number of aromatic nitrogens is 2. The molecule has 0 atom stereocenters. The molecule has 0 spiro atoms. The zero-order valence-corrected chi connectivity index (χ0v) is 13.3. The van der Waals surface area contributed by atoms with Crippen molar-refractivity contribution in [1.82, 2.24) is 9.97 Å². The Morgan fingerprint density at radius 1 is 1.10 bits per heavy atom. The summed E-state index contributed by atoms with van der Waals surface area (Å²) in [6.07, 6.45) is 3.79. The normalized spacial score (nSPS) is 10.4. The van der Waals surface area contributed by atoms with Gasteiger partial charge in [0.2, 0.25) is 0 Å². The van der Waals surface area contributed by atoms with Gasteiger partial charge < -0.3 is 10.2 Å². The Kier molecular flexibility index (Phi) is 5.81. The van der Waals surface area contributed by atoms with Crippen LogP contribution < -0.4 is 10.2 Å². The SMILES string of the molecule is CCCN(CCC)c1cc(Nc2cccc(Cl)c2)ncn1. The van der Waals surface area contributed by atoms with Gasteiger partial charge in [0.15, 0.2) is 0 Å². The first-order valence-corrected chi connectivity index (χ1v) is 7.70. The lowest BCUT2D eigenvalue weighted by Crippen LogP contribution is -2.25. The summed E-state index contributed by atoms with van der Waals surface area (Å²) in [5.41, 5.74) is 0.921. The van der Waals surface area contributed by atoms with Gasteiger partial charge in [0.25, 0.3) is 0 Å². The molecule has 1 N–H and O–H groups in total. The van der Waals surface area contributed by atoms with Gasteiger partial charge in [-0.3, -0.25) is 0 Å². The van der Waals surface area contributed by atoms with Crippen molar-refractivity contribution < 1.29 is 0 Å². The molecule has 0 fully saturated rings. The lowest BCUT2D eigenvalue weighted by molar-refractivity contribution is 0.733. The van der Waals surface area contributed by atoms with Gasteiger partial charge in [-0.2, -0.15) is 0 Å². The molecule has 0 unspecified atom stereocenters. The molecule has 4 nitrogen and oxygen atoms in total. The maximum absolute atomic E-state index is 5.99. The van der Waals surface area contributed by atoms with Gasteiger partial charge in [-0.25, -0.2) is 9.97 Å². The summed E-state index contributed by atoms with van der Waals surface area (Å²) in [6, 6.07) is 9.57. The van der Waals surface area contributed by atoms with Crippen LogP contribution in [0.5, 0.6) is 0 Å². The summed E-state index contributed by atoms with van der Waals surface area (Å²) in [5, 5.41) is 3.96. The third-order valence-corrected chi connectivity index (χ3v) is 3.30. The van der Waals surface area contributed by atoms with Crippen molar-refractivity contribution >= 4 is 28.9 Å². The van der Waals surface area contributed by atoms with Crippen molar-refractivity contribution in [3.8, 4) is 0 Å². The number of anilines is 3. The number of hydrogen-bond acceptors (Lipinski definition) is 4. The van der Waals surface area contributed by atoms with Crippen molar-refractivity contribution in [2.75, 3.05) is 23.3 Å². The number of halogens is 1. The zero-order valence-electron chi connectivity index (χ0n) is 12.5. The standard InChI is InChI=1S/C16H21ClN4/c1-3-8-21(9-4-2)16-11-15(18-12-19-16)20-14-7-5-6-13(17)10-14/h5-7,10-12H,3-4,8-9H2,1-2H3,(H,18,19,20). The topological polar surface area (TPSA) is 41.0 Å². The van der Waals surface area contributed by atoms with Gasteiger partial charge in [0.05, 0.1) is 0 Å². The van der Waals surface area contributed by atoms with Crippen molar-refractivity contribution in [1.29, 1.82) is 0 Å². The Balaban J connectivity index is 2.16. The Hall–Kier alpha value is -1.81. The molecule has 0 aliphatic heterocycles. The highest BCUT2D eigenvalue weighted by molar-refractivity contribution is 6.30. The fourth-order valence-electron chi connectivity index (χ4n) is 2.18. The van der Waals surface area contributed by atoms with Crippen LogP contribution in [0.15, 0.2) is 36.7 Å². The van der Waals surface area contributed by atoms with E-state index in [0.717, 1.165) is 43.3 Å². The van der Waals surface area contributed by atoms with Crippen molar-refractivity contribution in [3.05, 3.63) is 41.7 Å². The molecule has 0 amide bonds. The highest BCUT2D eigenvalue weighted by Gasteiger charge is 2.07. The van der Waals surface area contributed by atoms with E-state index in [4.69, 9.17) is 11.6 Å². The van der Waals surface area contributed by atoms with Gasteiger partial charge in [-0.1, -0.05) is 31.5 Å². The summed E-state index contributed by atoms with van der Waals surface area (Å²) in [7, 11) is 0. The molecule has 0 saturated carbocycles. The number of benzene rings is 1. The van der Waals surface area contributed by atoms with E-state index in [-0.39, 0.29) is 0 Å². The summed E-state index contributed by atoms with van der Waals surface area (Å²) < 4.78 is 0. The Morgan fingerprint density at radius 3 is 2.52 bits per heavy atom. The van der Waals surface area contributed by atoms with Crippen LogP contribution in [0.1, 0.15) is 26.7 Å². The molecule has 1 aromatic heterocycles. The molecule has 1 heterocycles. The Morgan fingerprint density at radius 2 is 1.86 bits per heavy atom. The molecular formula is C16H21ClN4. The highest BCUT2D eigenvalue weighted by atomic mass is 35.5. The molecule has 0 aliphatic rings. The second kappa shape index (κ2) is 7.84. The van der Waals surface area contributed by atoms with Gasteiger partial charge in [-0.15, -0.1) is 0 Å². The second-order valence-corrected chi connectivity index (χ2v) is 5.32. The van der Waals surface area contributed by atoms with E-state index < -0.39 is 0 Å². The van der Waals surface area contributed by atoms with Crippen molar-refractivity contribution in [2.24, 2.45) is 0 Å². The van der Waals surface area contributed by atoms with Crippen LogP contribution in [0.4, 0.5) is 17.3 Å². The second-order valence-electron chi connectivity index (χ2n) is 4.88. The van der Waals surface area contributed by atoms with Gasteiger partial charge in [0.1, 0.15) is 18.0 Å². The predicted octanol–water partition coefficient (Wildman–Crippen LogP) is 4.50. The summed E-state index contributed by atoms with van der Waals surface area (Å²) >= 11 is 5.99. The fraction of sp³-hybridized carbons (Fsp3) is 0.375. The highest BCUT2D eigenvalue weighted by Crippen LogP contribution is 2.21. The lowest BCUT2D eigenvalue weighted by Gasteiger charge is -2.22. The predicted molar refractivity (Wildman–Crippen MR) is 89.6 cm³/mol. The molecule has 0 radical (unpaired) electrons. The van der Waals surface area contributed by atoms with E-state index in [2.05, 4.69) is 34.0 Å². The molecule has 1 aromatic carbocycles. The van der Waals surface area contributed by atoms with E-state index in [1.807, 2.05) is 30.3 Å². The van der Waals surface area contributed by atoms with Crippen LogP contribution in [-0.4, -0.2) is 23.1 Å². The molecule has 112 valence electrons. The molecule has 2 aromatic rings. The average molecular weight is 305 g/mol. The smallest absolute Gasteiger partial charge is 0.135 e. The Bertz CT molecular complexity index is 568. The average Bonchev–Trinajstić information content (AvgIpc) is 2.47. The minimum atomic E-state index is 0.702. The molecule has 2 rings (SSSR count). The number of nitrogens with one attached hydrogen (secondary N) is 1. The molecule has 21 heavy (non-hydrogen) atoms. The number of hydrogen-bond donors (Lipinski definition) is 1. The third-order valence-electron chi connectivity index (χ3n) is 3.06. The van der Waals surface area contributed by atoms with Crippen LogP contribution in [0.3, 0.4) is 0 Å². The first-order valence-electron chi connectivity index (χ1n) is 7.32. The lowest BCUT2D eigenvalue weighted by atomic mass is 10.3. The van der Waals surface area contributed by atoms with Crippen molar-refractivity contribution in [3.63, 3.8) is 0 Å². The van der Waals surface area contributed by atoms with E-state index >= 15 is 0 Å². The Labute approximate surface area is 131 Å². The molecule has 5 heteroatoms. The number of nitrogens with zero attached hydrogens (tertiary/aromatic N) is 3. The van der Waals surface area contributed by atoms with Crippen LogP contribution in [0.25, 0.3) is 0 Å². The quantitative estimate of drug-likeness (QED) is 0.817. The molecule has 0 aliphatic carbocycles. The maximum atomic E-state index is 5.99. The van der Waals surface area contributed by atoms with E-state index in [1.54, 1.807) is 6.33 Å². The first-order chi connectivity index (χ1) is 10.2. The summed E-state index contributed by atoms with van der Waals surface area (Å²) in [4.78, 5) is 10.9. The summed E-state index contributed by atoms with van der Waals surface area (Å²) in [5.74, 6) is 1.73.